The minimum absolute atomic E-state index is 0.294. The van der Waals surface area contributed by atoms with Gasteiger partial charge in [-0.25, -0.2) is 4.39 Å². The lowest BCUT2D eigenvalue weighted by Crippen LogP contribution is -1.96. The predicted molar refractivity (Wildman–Crippen MR) is 130 cm³/mol. The van der Waals surface area contributed by atoms with Gasteiger partial charge >= 0.3 is 0 Å². The Balaban J connectivity index is 0.000000479. The fourth-order valence-corrected chi connectivity index (χ4v) is 3.63. The Labute approximate surface area is 183 Å². The van der Waals surface area contributed by atoms with Gasteiger partial charge in [0, 0.05) is 23.2 Å². The minimum atomic E-state index is -0.294. The van der Waals surface area contributed by atoms with Crippen molar-refractivity contribution < 1.29 is 4.39 Å². The SMILES string of the molecule is C/C=C(/c1cc(C)c(N=C(C)C)c(F)c1)c1cccnc1C.CCCC(C)CCC. The lowest BCUT2D eigenvalue weighted by atomic mass is 9.95. The molecule has 0 saturated heterocycles. The molecule has 0 radical (unpaired) electrons. The molecule has 164 valence electrons. The number of pyridine rings is 1. The van der Waals surface area contributed by atoms with Crippen molar-refractivity contribution >= 4 is 17.0 Å². The van der Waals surface area contributed by atoms with Crippen LogP contribution in [0.15, 0.2) is 41.5 Å². The molecule has 30 heavy (non-hydrogen) atoms. The number of aliphatic imine (C=N–C) groups is 1. The van der Waals surface area contributed by atoms with Gasteiger partial charge in [0.1, 0.15) is 11.5 Å². The van der Waals surface area contributed by atoms with E-state index < -0.39 is 0 Å². The van der Waals surface area contributed by atoms with Gasteiger partial charge in [0.25, 0.3) is 0 Å². The van der Waals surface area contributed by atoms with Crippen LogP contribution in [-0.2, 0) is 0 Å². The maximum absolute atomic E-state index is 14.4. The van der Waals surface area contributed by atoms with Crippen LogP contribution in [0.5, 0.6) is 0 Å². The number of rotatable bonds is 7. The summed E-state index contributed by atoms with van der Waals surface area (Å²) in [6.45, 7) is 16.4. The molecule has 0 bridgehead atoms. The van der Waals surface area contributed by atoms with E-state index >= 15 is 0 Å². The lowest BCUT2D eigenvalue weighted by molar-refractivity contribution is 0.480. The van der Waals surface area contributed by atoms with Crippen LogP contribution in [0.25, 0.3) is 5.57 Å². The zero-order chi connectivity index (χ0) is 22.7. The maximum atomic E-state index is 14.4. The average Bonchev–Trinajstić information content (AvgIpc) is 2.67. The highest BCUT2D eigenvalue weighted by atomic mass is 19.1. The van der Waals surface area contributed by atoms with Crippen molar-refractivity contribution in [3.8, 4) is 0 Å². The monoisotopic (exact) mass is 410 g/mol. The average molecular weight is 411 g/mol. The Morgan fingerprint density at radius 2 is 1.77 bits per heavy atom. The molecule has 0 spiro atoms. The van der Waals surface area contributed by atoms with Gasteiger partial charge in [0.2, 0.25) is 0 Å². The molecule has 0 fully saturated rings. The largest absolute Gasteiger partial charge is 0.261 e. The molecule has 0 aliphatic heterocycles. The quantitative estimate of drug-likeness (QED) is 0.419. The van der Waals surface area contributed by atoms with Gasteiger partial charge in [-0.05, 0) is 75.4 Å². The first-order valence-corrected chi connectivity index (χ1v) is 11.2. The first-order chi connectivity index (χ1) is 14.2. The number of aromatic nitrogens is 1. The van der Waals surface area contributed by atoms with Crippen molar-refractivity contribution in [2.75, 3.05) is 0 Å². The molecule has 0 unspecified atom stereocenters. The number of nitrogens with zero attached hydrogens (tertiary/aromatic N) is 2. The molecule has 0 aliphatic rings. The molecule has 0 amide bonds. The van der Waals surface area contributed by atoms with Crippen LogP contribution in [-0.4, -0.2) is 10.7 Å². The first kappa shape index (κ1) is 25.7. The number of benzene rings is 1. The second kappa shape index (κ2) is 13.1. The number of aryl methyl sites for hydroxylation is 2. The Hall–Kier alpha value is -2.29. The van der Waals surface area contributed by atoms with Crippen molar-refractivity contribution in [1.82, 2.24) is 4.98 Å². The fourth-order valence-electron chi connectivity index (χ4n) is 3.63. The van der Waals surface area contributed by atoms with Crippen molar-refractivity contribution in [1.29, 1.82) is 0 Å². The van der Waals surface area contributed by atoms with E-state index in [9.17, 15) is 4.39 Å². The molecule has 0 N–H and O–H groups in total. The van der Waals surface area contributed by atoms with Crippen LogP contribution in [0.4, 0.5) is 10.1 Å². The van der Waals surface area contributed by atoms with Crippen molar-refractivity contribution in [3.05, 3.63) is 64.7 Å². The van der Waals surface area contributed by atoms with Gasteiger partial charge in [-0.2, -0.15) is 0 Å². The Kier molecular flexibility index (Phi) is 11.2. The van der Waals surface area contributed by atoms with Crippen LogP contribution < -0.4 is 0 Å². The fraction of sp³-hybridized carbons (Fsp3) is 0.481. The third-order valence-corrected chi connectivity index (χ3v) is 5.05. The second-order valence-corrected chi connectivity index (χ2v) is 8.20. The Bertz CT molecular complexity index is 832. The van der Waals surface area contributed by atoms with E-state index in [4.69, 9.17) is 0 Å². The highest BCUT2D eigenvalue weighted by molar-refractivity contribution is 5.84. The summed E-state index contributed by atoms with van der Waals surface area (Å²) >= 11 is 0. The van der Waals surface area contributed by atoms with E-state index in [2.05, 4.69) is 30.7 Å². The van der Waals surface area contributed by atoms with Crippen LogP contribution in [0, 0.1) is 25.6 Å². The van der Waals surface area contributed by atoms with Gasteiger partial charge < -0.3 is 0 Å². The number of allylic oxidation sites excluding steroid dienone is 1. The normalized spacial score (nSPS) is 11.2. The van der Waals surface area contributed by atoms with Gasteiger partial charge in [-0.3, -0.25) is 9.98 Å². The summed E-state index contributed by atoms with van der Waals surface area (Å²) in [5.41, 5.74) is 5.87. The van der Waals surface area contributed by atoms with Gasteiger partial charge in [-0.15, -0.1) is 0 Å². The maximum Gasteiger partial charge on any atom is 0.149 e. The van der Waals surface area contributed by atoms with Crippen LogP contribution in [0.1, 0.15) is 89.6 Å². The molecule has 0 atom stereocenters. The van der Waals surface area contributed by atoms with Gasteiger partial charge in [0.05, 0.1) is 0 Å². The summed E-state index contributed by atoms with van der Waals surface area (Å²) in [4.78, 5) is 8.60. The summed E-state index contributed by atoms with van der Waals surface area (Å²) < 4.78 is 14.4. The lowest BCUT2D eigenvalue weighted by Gasteiger charge is -2.13. The van der Waals surface area contributed by atoms with Crippen LogP contribution >= 0.6 is 0 Å². The summed E-state index contributed by atoms with van der Waals surface area (Å²) in [5, 5.41) is 0. The molecule has 2 nitrogen and oxygen atoms in total. The summed E-state index contributed by atoms with van der Waals surface area (Å²) in [5.74, 6) is 0.669. The molecule has 0 aliphatic carbocycles. The summed E-state index contributed by atoms with van der Waals surface area (Å²) in [6, 6.07) is 7.44. The molecule has 2 aromatic rings. The third-order valence-electron chi connectivity index (χ3n) is 5.05. The van der Waals surface area contributed by atoms with E-state index in [-0.39, 0.29) is 5.82 Å². The van der Waals surface area contributed by atoms with E-state index in [1.165, 1.54) is 25.7 Å². The number of hydrogen-bond donors (Lipinski definition) is 0. The standard InChI is InChI=1S/C19H21FN2.C8H18/c1-6-16(17-8-7-9-21-14(17)5)15-10-13(4)19(18(20)11-15)22-12(2)3;1-4-6-8(3)7-5-2/h6-11H,1-5H3;8H,4-7H2,1-3H3/b16-6-;. The highest BCUT2D eigenvalue weighted by Gasteiger charge is 2.13. The topological polar surface area (TPSA) is 25.2 Å². The van der Waals surface area contributed by atoms with E-state index in [1.807, 2.05) is 58.9 Å². The summed E-state index contributed by atoms with van der Waals surface area (Å²) in [7, 11) is 0. The third kappa shape index (κ3) is 7.85. The number of halogens is 1. The van der Waals surface area contributed by atoms with Crippen LogP contribution in [0.2, 0.25) is 0 Å². The molecule has 1 aromatic carbocycles. The molecule has 0 saturated carbocycles. The molecule has 1 aromatic heterocycles. The zero-order valence-corrected chi connectivity index (χ0v) is 20.1. The van der Waals surface area contributed by atoms with Crippen molar-refractivity contribution in [2.45, 2.75) is 81.1 Å². The zero-order valence-electron chi connectivity index (χ0n) is 20.1. The smallest absolute Gasteiger partial charge is 0.149 e. The van der Waals surface area contributed by atoms with Crippen LogP contribution in [0.3, 0.4) is 0 Å². The van der Waals surface area contributed by atoms with Gasteiger partial charge in [-0.1, -0.05) is 58.6 Å². The molecular formula is C27H39FN2. The number of hydrogen-bond acceptors (Lipinski definition) is 2. The minimum Gasteiger partial charge on any atom is -0.261 e. The first-order valence-electron chi connectivity index (χ1n) is 11.2. The van der Waals surface area contributed by atoms with E-state index in [0.29, 0.717) is 5.69 Å². The van der Waals surface area contributed by atoms with E-state index in [0.717, 1.165) is 39.6 Å². The van der Waals surface area contributed by atoms with Crippen molar-refractivity contribution in [3.63, 3.8) is 0 Å². The van der Waals surface area contributed by atoms with Gasteiger partial charge in [0.15, 0.2) is 0 Å². The molecule has 3 heteroatoms. The molecule has 2 rings (SSSR count). The highest BCUT2D eigenvalue weighted by Crippen LogP contribution is 2.31. The second-order valence-electron chi connectivity index (χ2n) is 8.20. The van der Waals surface area contributed by atoms with Crippen molar-refractivity contribution in [2.24, 2.45) is 10.9 Å². The molecular weight excluding hydrogens is 371 g/mol. The Morgan fingerprint density at radius 1 is 1.13 bits per heavy atom. The molecule has 1 heterocycles. The summed E-state index contributed by atoms with van der Waals surface area (Å²) in [6.07, 6.45) is 9.27. The predicted octanol–water partition coefficient (Wildman–Crippen LogP) is 8.62. The Morgan fingerprint density at radius 3 is 2.23 bits per heavy atom. The van der Waals surface area contributed by atoms with E-state index in [1.54, 1.807) is 12.3 Å².